The minimum absolute atomic E-state index is 0.150. The molecule has 0 spiro atoms. The maximum absolute atomic E-state index is 5.94. The average Bonchev–Trinajstić information content (AvgIpc) is 2.55. The van der Waals surface area contributed by atoms with Gasteiger partial charge < -0.3 is 14.8 Å². The Labute approximate surface area is 125 Å². The average molecular weight is 284 g/mol. The van der Waals surface area contributed by atoms with Crippen LogP contribution in [0.3, 0.4) is 0 Å². The van der Waals surface area contributed by atoms with Crippen LogP contribution < -0.4 is 14.8 Å². The topological polar surface area (TPSA) is 35.1 Å². The monoisotopic (exact) mass is 284 g/mol. The van der Waals surface area contributed by atoms with Crippen LogP contribution in [-0.4, -0.2) is 25.8 Å². The van der Waals surface area contributed by atoms with Crippen molar-refractivity contribution in [2.24, 2.45) is 0 Å². The third kappa shape index (κ3) is 3.99. The second-order valence-electron chi connectivity index (χ2n) is 5.40. The van der Waals surface area contributed by atoms with E-state index >= 15 is 0 Å². The molecule has 2 N–H and O–H groups in total. The van der Waals surface area contributed by atoms with Crippen LogP contribution in [0.4, 0.5) is 0 Å². The van der Waals surface area contributed by atoms with Crippen molar-refractivity contribution in [1.29, 1.82) is 0 Å². The molecule has 0 saturated carbocycles. The molecule has 0 unspecified atom stereocenters. The molecule has 1 atom stereocenters. The molecule has 0 aromatic heterocycles. The van der Waals surface area contributed by atoms with Crippen molar-refractivity contribution in [2.75, 3.05) is 19.7 Å². The molecular weight excluding hydrogens is 262 g/mol. The molecule has 0 amide bonds. The molecule has 2 aromatic carbocycles. The Kier molecular flexibility index (Phi) is 4.74. The molecule has 0 fully saturated rings. The summed E-state index contributed by atoms with van der Waals surface area (Å²) in [5.41, 5.74) is 1.41. The quantitative estimate of drug-likeness (QED) is 0.824. The molecule has 0 aliphatic carbocycles. The molecule has 3 heteroatoms. The van der Waals surface area contributed by atoms with Crippen LogP contribution in [0.1, 0.15) is 12.0 Å². The molecule has 0 saturated heterocycles. The number of fused-ring (bicyclic) bond motifs is 1. The summed E-state index contributed by atoms with van der Waals surface area (Å²) in [6, 6.07) is 18.5. The van der Waals surface area contributed by atoms with Gasteiger partial charge in [0, 0.05) is 6.42 Å². The van der Waals surface area contributed by atoms with E-state index in [1.165, 1.54) is 12.0 Å². The molecule has 0 bridgehead atoms. The van der Waals surface area contributed by atoms with E-state index in [1.807, 2.05) is 24.3 Å². The van der Waals surface area contributed by atoms with Crippen LogP contribution in [0.25, 0.3) is 0 Å². The fourth-order valence-electron chi connectivity index (χ4n) is 2.58. The van der Waals surface area contributed by atoms with E-state index in [-0.39, 0.29) is 6.10 Å². The lowest BCUT2D eigenvalue weighted by atomic mass is 10.1. The number of aryl methyl sites for hydroxylation is 1. The first kappa shape index (κ1) is 14.0. The van der Waals surface area contributed by atoms with Crippen LogP contribution >= 0.6 is 0 Å². The van der Waals surface area contributed by atoms with Gasteiger partial charge in [-0.05, 0) is 24.1 Å². The zero-order valence-corrected chi connectivity index (χ0v) is 12.2. The number of hydrogen-bond donors (Lipinski definition) is 1. The molecule has 0 radical (unpaired) electrons. The van der Waals surface area contributed by atoms with Crippen LogP contribution in [0, 0.1) is 0 Å². The largest absolute Gasteiger partial charge is 0.486 e. The minimum Gasteiger partial charge on any atom is -0.486 e. The number of benzene rings is 2. The zero-order valence-electron chi connectivity index (χ0n) is 12.2. The number of hydrogen-bond acceptors (Lipinski definition) is 2. The fourth-order valence-corrected chi connectivity index (χ4v) is 2.58. The van der Waals surface area contributed by atoms with E-state index in [2.05, 4.69) is 35.6 Å². The summed E-state index contributed by atoms with van der Waals surface area (Å²) < 4.78 is 11.7. The van der Waals surface area contributed by atoms with Crippen LogP contribution in [0.15, 0.2) is 54.6 Å². The third-order valence-corrected chi connectivity index (χ3v) is 3.71. The first-order valence-electron chi connectivity index (χ1n) is 7.66. The highest BCUT2D eigenvalue weighted by atomic mass is 16.6. The summed E-state index contributed by atoms with van der Waals surface area (Å²) >= 11 is 0. The summed E-state index contributed by atoms with van der Waals surface area (Å²) in [7, 11) is 0. The van der Waals surface area contributed by atoms with Crippen LogP contribution in [0.5, 0.6) is 11.5 Å². The van der Waals surface area contributed by atoms with Crippen molar-refractivity contribution in [3.8, 4) is 11.5 Å². The summed E-state index contributed by atoms with van der Waals surface area (Å²) in [6.07, 6.45) is 2.48. The smallest absolute Gasteiger partial charge is 0.181 e. The highest BCUT2D eigenvalue weighted by molar-refractivity contribution is 5.40. The number of quaternary nitrogens is 1. The summed E-state index contributed by atoms with van der Waals surface area (Å²) in [5.74, 6) is 1.73. The minimum atomic E-state index is 0.150. The van der Waals surface area contributed by atoms with E-state index in [0.717, 1.165) is 31.0 Å². The zero-order chi connectivity index (χ0) is 14.3. The maximum Gasteiger partial charge on any atom is 0.181 e. The lowest BCUT2D eigenvalue weighted by Crippen LogP contribution is -2.87. The molecule has 21 heavy (non-hydrogen) atoms. The van der Waals surface area contributed by atoms with E-state index in [0.29, 0.717) is 6.61 Å². The first-order valence-corrected chi connectivity index (χ1v) is 7.66. The number of ether oxygens (including phenoxy) is 2. The van der Waals surface area contributed by atoms with Gasteiger partial charge in [0.1, 0.15) is 13.2 Å². The molecule has 1 aliphatic rings. The highest BCUT2D eigenvalue weighted by Crippen LogP contribution is 2.30. The molecule has 3 nitrogen and oxygen atoms in total. The van der Waals surface area contributed by atoms with Gasteiger partial charge in [0.15, 0.2) is 17.6 Å². The Bertz CT molecular complexity index is 556. The Morgan fingerprint density at radius 3 is 2.57 bits per heavy atom. The van der Waals surface area contributed by atoms with Gasteiger partial charge >= 0.3 is 0 Å². The van der Waals surface area contributed by atoms with Gasteiger partial charge in [-0.1, -0.05) is 42.5 Å². The summed E-state index contributed by atoms with van der Waals surface area (Å²) in [5, 5.41) is 2.32. The van der Waals surface area contributed by atoms with Gasteiger partial charge in [-0.2, -0.15) is 0 Å². The molecular formula is C18H22NO2+. The SMILES string of the molecule is c1ccc(CCC[NH2+]C[C@@H]2COc3ccccc3O2)cc1. The predicted octanol–water partition coefficient (Wildman–Crippen LogP) is 2.02. The molecule has 2 aromatic rings. The van der Waals surface area contributed by atoms with E-state index in [9.17, 15) is 0 Å². The number of rotatable bonds is 6. The van der Waals surface area contributed by atoms with E-state index < -0.39 is 0 Å². The fraction of sp³-hybridized carbons (Fsp3) is 0.333. The van der Waals surface area contributed by atoms with Crippen molar-refractivity contribution < 1.29 is 14.8 Å². The van der Waals surface area contributed by atoms with Crippen molar-refractivity contribution in [2.45, 2.75) is 18.9 Å². The van der Waals surface area contributed by atoms with Crippen molar-refractivity contribution in [1.82, 2.24) is 0 Å². The van der Waals surface area contributed by atoms with Crippen LogP contribution in [0.2, 0.25) is 0 Å². The second kappa shape index (κ2) is 7.14. The number of nitrogens with two attached hydrogens (primary N) is 1. The van der Waals surface area contributed by atoms with Gasteiger partial charge in [0.25, 0.3) is 0 Å². The Balaban J connectivity index is 1.35. The van der Waals surface area contributed by atoms with Crippen molar-refractivity contribution in [3.05, 3.63) is 60.2 Å². The van der Waals surface area contributed by atoms with E-state index in [1.54, 1.807) is 0 Å². The van der Waals surface area contributed by atoms with Crippen molar-refractivity contribution in [3.63, 3.8) is 0 Å². The van der Waals surface area contributed by atoms with Gasteiger partial charge in [-0.3, -0.25) is 0 Å². The van der Waals surface area contributed by atoms with Gasteiger partial charge in [-0.25, -0.2) is 0 Å². The third-order valence-electron chi connectivity index (χ3n) is 3.71. The lowest BCUT2D eigenvalue weighted by molar-refractivity contribution is -0.660. The van der Waals surface area contributed by atoms with Crippen LogP contribution in [-0.2, 0) is 6.42 Å². The van der Waals surface area contributed by atoms with E-state index in [4.69, 9.17) is 9.47 Å². The van der Waals surface area contributed by atoms with Gasteiger partial charge in [-0.15, -0.1) is 0 Å². The first-order chi connectivity index (χ1) is 10.4. The predicted molar refractivity (Wildman–Crippen MR) is 82.8 cm³/mol. The van der Waals surface area contributed by atoms with Crippen molar-refractivity contribution >= 4 is 0 Å². The standard InChI is InChI=1S/C18H21NO2/c1-2-7-15(8-3-1)9-6-12-19-13-16-14-20-17-10-4-5-11-18(17)21-16/h1-5,7-8,10-11,16,19H,6,9,12-14H2/p+1/t16-/m1/s1. The summed E-state index contributed by atoms with van der Waals surface area (Å²) in [6.45, 7) is 2.71. The molecule has 3 rings (SSSR count). The molecule has 1 heterocycles. The second-order valence-corrected chi connectivity index (χ2v) is 5.40. The van der Waals surface area contributed by atoms with Gasteiger partial charge in [0.05, 0.1) is 6.54 Å². The highest BCUT2D eigenvalue weighted by Gasteiger charge is 2.21. The molecule has 1 aliphatic heterocycles. The maximum atomic E-state index is 5.94. The Morgan fingerprint density at radius 2 is 1.71 bits per heavy atom. The molecule has 110 valence electrons. The Hall–Kier alpha value is -2.00. The summed E-state index contributed by atoms with van der Waals surface area (Å²) in [4.78, 5) is 0. The lowest BCUT2D eigenvalue weighted by Gasteiger charge is -2.25. The normalized spacial score (nSPS) is 16.7. The Morgan fingerprint density at radius 1 is 0.952 bits per heavy atom. The number of para-hydroxylation sites is 2. The van der Waals surface area contributed by atoms with Gasteiger partial charge in [0.2, 0.25) is 0 Å².